The molecule has 18 heavy (non-hydrogen) atoms. The monoisotopic (exact) mass is 249 g/mol. The van der Waals surface area contributed by atoms with Gasteiger partial charge in [0.05, 0.1) is 6.07 Å². The normalized spacial score (nSPS) is 32.1. The Kier molecular flexibility index (Phi) is 4.29. The highest BCUT2D eigenvalue weighted by molar-refractivity contribution is 5.17. The minimum Gasteiger partial charge on any atom is -0.298 e. The van der Waals surface area contributed by atoms with Gasteiger partial charge in [0, 0.05) is 19.1 Å². The zero-order valence-electron chi connectivity index (χ0n) is 12.1. The van der Waals surface area contributed by atoms with Crippen LogP contribution >= 0.6 is 0 Å². The lowest BCUT2D eigenvalue weighted by Crippen LogP contribution is -2.55. The van der Waals surface area contributed by atoms with Crippen molar-refractivity contribution in [1.29, 1.82) is 5.26 Å². The number of nitriles is 1. The topological polar surface area (TPSA) is 39.1 Å². The molecule has 3 heteroatoms. The second-order valence-electron chi connectivity index (χ2n) is 6.40. The van der Waals surface area contributed by atoms with Crippen molar-refractivity contribution < 1.29 is 0 Å². The summed E-state index contributed by atoms with van der Waals surface area (Å²) in [5.41, 5.74) is -0.283. The molecule has 0 aromatic heterocycles. The van der Waals surface area contributed by atoms with Crippen LogP contribution in [0.5, 0.6) is 0 Å². The molecule has 0 aromatic rings. The van der Waals surface area contributed by atoms with Gasteiger partial charge in [-0.05, 0) is 51.0 Å². The second-order valence-corrected chi connectivity index (χ2v) is 6.40. The first-order valence-electron chi connectivity index (χ1n) is 7.51. The fraction of sp³-hybridized carbons (Fsp3) is 0.933. The number of nitrogens with one attached hydrogen (secondary N) is 1. The Morgan fingerprint density at radius 2 is 2.11 bits per heavy atom. The molecule has 3 unspecified atom stereocenters. The summed E-state index contributed by atoms with van der Waals surface area (Å²) in [7, 11) is 0. The van der Waals surface area contributed by atoms with Crippen molar-refractivity contribution in [2.45, 2.75) is 58.0 Å². The summed E-state index contributed by atoms with van der Waals surface area (Å²) in [5.74, 6) is 1.36. The third kappa shape index (κ3) is 2.87. The van der Waals surface area contributed by atoms with Crippen LogP contribution in [0.15, 0.2) is 0 Å². The summed E-state index contributed by atoms with van der Waals surface area (Å²) in [5, 5.41) is 13.2. The lowest BCUT2D eigenvalue weighted by molar-refractivity contribution is 0.188. The Bertz CT molecular complexity index is 318. The highest BCUT2D eigenvalue weighted by Crippen LogP contribution is 2.41. The summed E-state index contributed by atoms with van der Waals surface area (Å²) in [6, 6.07) is 3.26. The lowest BCUT2D eigenvalue weighted by atomic mass is 9.93. The van der Waals surface area contributed by atoms with Gasteiger partial charge in [0.2, 0.25) is 0 Å². The zero-order valence-corrected chi connectivity index (χ0v) is 12.1. The molecule has 0 bridgehead atoms. The molecule has 1 aliphatic heterocycles. The molecule has 1 saturated carbocycles. The molecule has 1 saturated heterocycles. The van der Waals surface area contributed by atoms with Crippen molar-refractivity contribution in [3.8, 4) is 6.07 Å². The number of nitrogens with zero attached hydrogens (tertiary/aromatic N) is 2. The van der Waals surface area contributed by atoms with E-state index >= 15 is 0 Å². The van der Waals surface area contributed by atoms with E-state index in [1.54, 1.807) is 0 Å². The van der Waals surface area contributed by atoms with Gasteiger partial charge in [-0.3, -0.25) is 10.2 Å². The van der Waals surface area contributed by atoms with Gasteiger partial charge in [-0.2, -0.15) is 5.26 Å². The second kappa shape index (κ2) is 5.59. The molecule has 2 fully saturated rings. The van der Waals surface area contributed by atoms with Crippen molar-refractivity contribution in [1.82, 2.24) is 10.2 Å². The molecule has 2 aliphatic rings. The number of hydrogen-bond acceptors (Lipinski definition) is 3. The van der Waals surface area contributed by atoms with Crippen molar-refractivity contribution in [2.24, 2.45) is 11.8 Å². The Balaban J connectivity index is 2.03. The third-order valence-electron chi connectivity index (χ3n) is 4.53. The van der Waals surface area contributed by atoms with Crippen LogP contribution in [0.3, 0.4) is 0 Å². The zero-order chi connectivity index (χ0) is 13.2. The average molecular weight is 249 g/mol. The molecule has 0 radical (unpaired) electrons. The van der Waals surface area contributed by atoms with Gasteiger partial charge in [-0.15, -0.1) is 0 Å². The van der Waals surface area contributed by atoms with E-state index in [0.717, 1.165) is 32.0 Å². The lowest BCUT2D eigenvalue weighted by Gasteiger charge is -2.34. The summed E-state index contributed by atoms with van der Waals surface area (Å²) >= 11 is 0. The van der Waals surface area contributed by atoms with Crippen LogP contribution in [-0.4, -0.2) is 36.1 Å². The van der Waals surface area contributed by atoms with Gasteiger partial charge in [0.15, 0.2) is 0 Å². The molecule has 3 nitrogen and oxygen atoms in total. The molecule has 3 atom stereocenters. The molecule has 0 spiro atoms. The largest absolute Gasteiger partial charge is 0.298 e. The minimum atomic E-state index is -0.283. The molecule has 1 aliphatic carbocycles. The van der Waals surface area contributed by atoms with E-state index in [0.29, 0.717) is 12.0 Å². The van der Waals surface area contributed by atoms with Crippen molar-refractivity contribution in [3.05, 3.63) is 0 Å². The van der Waals surface area contributed by atoms with Crippen molar-refractivity contribution in [3.63, 3.8) is 0 Å². The minimum absolute atomic E-state index is 0.283. The van der Waals surface area contributed by atoms with Gasteiger partial charge >= 0.3 is 0 Å². The first kappa shape index (κ1) is 13.8. The molecular formula is C15H27N3. The molecule has 1 heterocycles. The van der Waals surface area contributed by atoms with E-state index in [9.17, 15) is 5.26 Å². The highest BCUT2D eigenvalue weighted by Gasteiger charge is 2.47. The number of rotatable bonds is 6. The quantitative estimate of drug-likeness (QED) is 0.785. The van der Waals surface area contributed by atoms with Gasteiger partial charge in [0.25, 0.3) is 0 Å². The smallest absolute Gasteiger partial charge is 0.122 e. The van der Waals surface area contributed by atoms with Crippen LogP contribution in [0.25, 0.3) is 0 Å². The van der Waals surface area contributed by atoms with E-state index in [2.05, 4.69) is 37.1 Å². The summed E-state index contributed by atoms with van der Waals surface area (Å²) in [6.07, 6.45) is 4.83. The molecule has 1 N–H and O–H groups in total. The van der Waals surface area contributed by atoms with Crippen molar-refractivity contribution >= 4 is 0 Å². The van der Waals surface area contributed by atoms with Crippen LogP contribution in [0.4, 0.5) is 0 Å². The number of likely N-dealkylation sites (tertiary alicyclic amines) is 1. The molecule has 2 rings (SSSR count). The summed E-state index contributed by atoms with van der Waals surface area (Å²) in [6.45, 7) is 9.83. The first-order valence-corrected chi connectivity index (χ1v) is 7.51. The fourth-order valence-corrected chi connectivity index (χ4v) is 3.35. The van der Waals surface area contributed by atoms with Crippen molar-refractivity contribution in [2.75, 3.05) is 19.6 Å². The Labute approximate surface area is 112 Å². The van der Waals surface area contributed by atoms with E-state index in [-0.39, 0.29) is 5.54 Å². The SMILES string of the molecule is CCCNC(C#N)(CN1CC(C)CC1C)C1CC1. The van der Waals surface area contributed by atoms with Gasteiger partial charge in [0.1, 0.15) is 5.54 Å². The molecule has 102 valence electrons. The predicted octanol–water partition coefficient (Wildman–Crippen LogP) is 2.39. The average Bonchev–Trinajstić information content (AvgIpc) is 3.13. The van der Waals surface area contributed by atoms with Crippen LogP contribution in [-0.2, 0) is 0 Å². The summed E-state index contributed by atoms with van der Waals surface area (Å²) < 4.78 is 0. The third-order valence-corrected chi connectivity index (χ3v) is 4.53. The van der Waals surface area contributed by atoms with E-state index in [1.807, 2.05) is 0 Å². The maximum atomic E-state index is 9.69. The molecular weight excluding hydrogens is 222 g/mol. The number of hydrogen-bond donors (Lipinski definition) is 1. The standard InChI is InChI=1S/C15H27N3/c1-4-7-17-15(10-16,14-5-6-14)11-18-9-12(2)8-13(18)3/h12-14,17H,4-9,11H2,1-3H3. The summed E-state index contributed by atoms with van der Waals surface area (Å²) in [4.78, 5) is 2.52. The Morgan fingerprint density at radius 3 is 2.56 bits per heavy atom. The molecule has 0 amide bonds. The Hall–Kier alpha value is -0.590. The maximum absolute atomic E-state index is 9.69. The van der Waals surface area contributed by atoms with Crippen LogP contribution < -0.4 is 5.32 Å². The fourth-order valence-electron chi connectivity index (χ4n) is 3.35. The predicted molar refractivity (Wildman–Crippen MR) is 74.2 cm³/mol. The maximum Gasteiger partial charge on any atom is 0.122 e. The van der Waals surface area contributed by atoms with Gasteiger partial charge in [-0.25, -0.2) is 0 Å². The van der Waals surface area contributed by atoms with E-state index < -0.39 is 0 Å². The highest BCUT2D eigenvalue weighted by atomic mass is 15.2. The van der Waals surface area contributed by atoms with Crippen LogP contribution in [0, 0.1) is 23.2 Å². The Morgan fingerprint density at radius 1 is 1.39 bits per heavy atom. The van der Waals surface area contributed by atoms with Crippen LogP contribution in [0.2, 0.25) is 0 Å². The van der Waals surface area contributed by atoms with Gasteiger partial charge in [-0.1, -0.05) is 13.8 Å². The van der Waals surface area contributed by atoms with E-state index in [4.69, 9.17) is 0 Å². The van der Waals surface area contributed by atoms with Crippen LogP contribution in [0.1, 0.15) is 46.5 Å². The molecule has 0 aromatic carbocycles. The van der Waals surface area contributed by atoms with Gasteiger partial charge < -0.3 is 0 Å². The van der Waals surface area contributed by atoms with E-state index in [1.165, 1.54) is 19.3 Å². The first-order chi connectivity index (χ1) is 8.61.